The average molecular weight is 223 g/mol. The maximum Gasteiger partial charge on any atom is 0.0794 e. The summed E-state index contributed by atoms with van der Waals surface area (Å²) < 4.78 is 1.77. The molecule has 0 spiro atoms. The van der Waals surface area contributed by atoms with Gasteiger partial charge in [-0.1, -0.05) is 5.21 Å². The molecule has 1 N–H and O–H groups in total. The number of nitrogens with zero attached hydrogens (tertiary/aromatic N) is 4. The van der Waals surface area contributed by atoms with Crippen molar-refractivity contribution in [2.24, 2.45) is 7.05 Å². The van der Waals surface area contributed by atoms with Gasteiger partial charge >= 0.3 is 0 Å². The number of nitrogens with one attached hydrogen (secondary N) is 1. The summed E-state index contributed by atoms with van der Waals surface area (Å²) in [4.78, 5) is 4.22. The standard InChI is InChI=1S/C9H13N5S/c1-14-9(5-12-13-14)4-10-3-2-8-6-15-7-11-8/h5-7,10H,2-4H2,1H3. The van der Waals surface area contributed by atoms with Crippen molar-refractivity contribution in [2.45, 2.75) is 13.0 Å². The third-order valence-corrected chi connectivity index (χ3v) is 2.79. The van der Waals surface area contributed by atoms with E-state index in [1.54, 1.807) is 22.2 Å². The van der Waals surface area contributed by atoms with Crippen molar-refractivity contribution in [1.29, 1.82) is 0 Å². The van der Waals surface area contributed by atoms with Crippen LogP contribution in [-0.4, -0.2) is 26.5 Å². The molecule has 0 radical (unpaired) electrons. The molecule has 0 aliphatic carbocycles. The topological polar surface area (TPSA) is 55.6 Å². The first kappa shape index (κ1) is 10.3. The minimum Gasteiger partial charge on any atom is -0.311 e. The van der Waals surface area contributed by atoms with Gasteiger partial charge in [-0.2, -0.15) is 0 Å². The average Bonchev–Trinajstić information content (AvgIpc) is 2.85. The molecule has 0 unspecified atom stereocenters. The first-order valence-electron chi connectivity index (χ1n) is 4.77. The summed E-state index contributed by atoms with van der Waals surface area (Å²) in [5.74, 6) is 0. The second-order valence-electron chi connectivity index (χ2n) is 3.26. The van der Waals surface area contributed by atoms with Gasteiger partial charge in [0, 0.05) is 31.9 Å². The quantitative estimate of drug-likeness (QED) is 0.754. The van der Waals surface area contributed by atoms with Gasteiger partial charge in [0.05, 0.1) is 23.1 Å². The van der Waals surface area contributed by atoms with Gasteiger partial charge in [0.15, 0.2) is 0 Å². The third kappa shape index (κ3) is 2.84. The minimum atomic E-state index is 0.799. The molecule has 0 aromatic carbocycles. The van der Waals surface area contributed by atoms with Gasteiger partial charge in [-0.15, -0.1) is 16.4 Å². The minimum absolute atomic E-state index is 0.799. The van der Waals surface area contributed by atoms with Crippen molar-refractivity contribution >= 4 is 11.3 Å². The van der Waals surface area contributed by atoms with Gasteiger partial charge in [0.2, 0.25) is 0 Å². The highest BCUT2D eigenvalue weighted by Gasteiger charge is 1.99. The molecule has 0 amide bonds. The molecule has 0 atom stereocenters. The molecule has 0 saturated heterocycles. The molecule has 2 aromatic rings. The SMILES string of the molecule is Cn1nncc1CNCCc1cscn1. The summed E-state index contributed by atoms with van der Waals surface area (Å²) in [5.41, 5.74) is 4.10. The van der Waals surface area contributed by atoms with E-state index in [0.717, 1.165) is 30.9 Å². The van der Waals surface area contributed by atoms with Crippen LogP contribution in [0.1, 0.15) is 11.4 Å². The van der Waals surface area contributed by atoms with Gasteiger partial charge in [-0.3, -0.25) is 4.68 Å². The Balaban J connectivity index is 1.70. The van der Waals surface area contributed by atoms with Gasteiger partial charge < -0.3 is 5.32 Å². The second kappa shape index (κ2) is 4.99. The molecule has 2 heterocycles. The Morgan fingerprint density at radius 2 is 2.47 bits per heavy atom. The third-order valence-electron chi connectivity index (χ3n) is 2.16. The van der Waals surface area contributed by atoms with E-state index in [0.29, 0.717) is 0 Å². The Morgan fingerprint density at radius 3 is 3.13 bits per heavy atom. The van der Waals surface area contributed by atoms with E-state index < -0.39 is 0 Å². The number of hydrogen-bond donors (Lipinski definition) is 1. The normalized spacial score (nSPS) is 10.7. The largest absolute Gasteiger partial charge is 0.311 e. The zero-order valence-electron chi connectivity index (χ0n) is 8.55. The molecular formula is C9H13N5S. The van der Waals surface area contributed by atoms with Crippen molar-refractivity contribution in [2.75, 3.05) is 6.54 Å². The molecule has 0 saturated carbocycles. The smallest absolute Gasteiger partial charge is 0.0794 e. The summed E-state index contributed by atoms with van der Waals surface area (Å²) in [7, 11) is 1.89. The lowest BCUT2D eigenvalue weighted by Gasteiger charge is -2.02. The van der Waals surface area contributed by atoms with Gasteiger partial charge in [-0.05, 0) is 0 Å². The van der Waals surface area contributed by atoms with Crippen LogP contribution in [0, 0.1) is 0 Å². The van der Waals surface area contributed by atoms with Crippen LogP contribution in [-0.2, 0) is 20.0 Å². The lowest BCUT2D eigenvalue weighted by Crippen LogP contribution is -2.18. The van der Waals surface area contributed by atoms with E-state index in [1.165, 1.54) is 0 Å². The van der Waals surface area contributed by atoms with E-state index in [4.69, 9.17) is 0 Å². The van der Waals surface area contributed by atoms with Crippen LogP contribution in [0.15, 0.2) is 17.1 Å². The molecule has 0 aliphatic rings. The van der Waals surface area contributed by atoms with Gasteiger partial charge in [0.1, 0.15) is 0 Å². The highest BCUT2D eigenvalue weighted by molar-refractivity contribution is 7.07. The van der Waals surface area contributed by atoms with Crippen LogP contribution in [0.3, 0.4) is 0 Å². The zero-order chi connectivity index (χ0) is 10.5. The predicted molar refractivity (Wildman–Crippen MR) is 58.5 cm³/mol. The van der Waals surface area contributed by atoms with E-state index in [1.807, 2.05) is 12.6 Å². The molecule has 6 heteroatoms. The molecule has 5 nitrogen and oxygen atoms in total. The highest BCUT2D eigenvalue weighted by Crippen LogP contribution is 2.00. The number of aromatic nitrogens is 4. The van der Waals surface area contributed by atoms with E-state index >= 15 is 0 Å². The Bertz CT molecular complexity index is 394. The van der Waals surface area contributed by atoms with Crippen LogP contribution in [0.4, 0.5) is 0 Å². The predicted octanol–water partition coefficient (Wildman–Crippen LogP) is 0.604. The fourth-order valence-electron chi connectivity index (χ4n) is 1.26. The number of aryl methyl sites for hydroxylation is 1. The van der Waals surface area contributed by atoms with E-state index in [-0.39, 0.29) is 0 Å². The van der Waals surface area contributed by atoms with Gasteiger partial charge in [0.25, 0.3) is 0 Å². The zero-order valence-corrected chi connectivity index (χ0v) is 9.37. The van der Waals surface area contributed by atoms with E-state index in [9.17, 15) is 0 Å². The number of hydrogen-bond acceptors (Lipinski definition) is 5. The molecule has 0 aliphatic heterocycles. The van der Waals surface area contributed by atoms with Crippen molar-refractivity contribution in [3.8, 4) is 0 Å². The van der Waals surface area contributed by atoms with Crippen LogP contribution in [0.2, 0.25) is 0 Å². The molecule has 15 heavy (non-hydrogen) atoms. The Morgan fingerprint density at radius 1 is 1.53 bits per heavy atom. The summed E-state index contributed by atoms with van der Waals surface area (Å²) in [6.45, 7) is 1.72. The molecule has 2 rings (SSSR count). The molecule has 0 fully saturated rings. The number of rotatable bonds is 5. The fraction of sp³-hybridized carbons (Fsp3) is 0.444. The van der Waals surface area contributed by atoms with Crippen molar-refractivity contribution in [3.63, 3.8) is 0 Å². The second-order valence-corrected chi connectivity index (χ2v) is 3.97. The van der Waals surface area contributed by atoms with Crippen LogP contribution >= 0.6 is 11.3 Å². The first-order valence-corrected chi connectivity index (χ1v) is 5.72. The van der Waals surface area contributed by atoms with Crippen molar-refractivity contribution in [1.82, 2.24) is 25.3 Å². The van der Waals surface area contributed by atoms with Crippen molar-refractivity contribution < 1.29 is 0 Å². The van der Waals surface area contributed by atoms with E-state index in [2.05, 4.69) is 26.0 Å². The summed E-state index contributed by atoms with van der Waals surface area (Å²) >= 11 is 1.63. The lowest BCUT2D eigenvalue weighted by molar-refractivity contribution is 0.615. The van der Waals surface area contributed by atoms with Crippen LogP contribution in [0.25, 0.3) is 0 Å². The Kier molecular flexibility index (Phi) is 3.41. The molecule has 0 bridgehead atoms. The monoisotopic (exact) mass is 223 g/mol. The molecule has 2 aromatic heterocycles. The highest BCUT2D eigenvalue weighted by atomic mass is 32.1. The first-order chi connectivity index (χ1) is 7.36. The van der Waals surface area contributed by atoms with Crippen molar-refractivity contribution in [3.05, 3.63) is 28.5 Å². The summed E-state index contributed by atoms with van der Waals surface area (Å²) in [6.07, 6.45) is 2.74. The van der Waals surface area contributed by atoms with Crippen LogP contribution < -0.4 is 5.32 Å². The van der Waals surface area contributed by atoms with Gasteiger partial charge in [-0.25, -0.2) is 4.98 Å². The Hall–Kier alpha value is -1.27. The Labute approximate surface area is 92.2 Å². The maximum atomic E-state index is 4.22. The summed E-state index contributed by atoms with van der Waals surface area (Å²) in [6, 6.07) is 0. The maximum absolute atomic E-state index is 4.22. The molecular weight excluding hydrogens is 210 g/mol. The number of thiazole rings is 1. The fourth-order valence-corrected chi connectivity index (χ4v) is 1.86. The summed E-state index contributed by atoms with van der Waals surface area (Å²) in [5, 5.41) is 13.1. The molecule has 80 valence electrons. The van der Waals surface area contributed by atoms with Crippen LogP contribution in [0.5, 0.6) is 0 Å². The lowest BCUT2D eigenvalue weighted by atomic mass is 10.3.